The summed E-state index contributed by atoms with van der Waals surface area (Å²) in [6.45, 7) is 3.20. The molecule has 164 valence electrons. The van der Waals surface area contributed by atoms with E-state index >= 15 is 0 Å². The van der Waals surface area contributed by atoms with Gasteiger partial charge in [0, 0.05) is 22.8 Å². The van der Waals surface area contributed by atoms with E-state index in [1.807, 2.05) is 48.5 Å². The van der Waals surface area contributed by atoms with Crippen LogP contribution in [0.4, 0.5) is 5.69 Å². The molecule has 0 saturated carbocycles. The lowest BCUT2D eigenvalue weighted by molar-refractivity contribution is -0.117. The van der Waals surface area contributed by atoms with Crippen molar-refractivity contribution in [2.45, 2.75) is 38.6 Å². The van der Waals surface area contributed by atoms with E-state index in [0.717, 1.165) is 54.5 Å². The second-order valence-electron chi connectivity index (χ2n) is 7.80. The molecular formula is C26H27N3O3. The Labute approximate surface area is 188 Å². The monoisotopic (exact) mass is 429 g/mol. The number of carbonyl (C=O) groups excluding carboxylic acids is 1. The van der Waals surface area contributed by atoms with Gasteiger partial charge < -0.3 is 20.1 Å². The molecule has 2 heterocycles. The number of terminal acetylenes is 1. The zero-order valence-corrected chi connectivity index (χ0v) is 18.2. The van der Waals surface area contributed by atoms with E-state index in [2.05, 4.69) is 23.5 Å². The van der Waals surface area contributed by atoms with Crippen molar-refractivity contribution >= 4 is 22.5 Å². The van der Waals surface area contributed by atoms with Crippen molar-refractivity contribution in [1.82, 2.24) is 10.3 Å². The molecule has 0 bridgehead atoms. The number of anilines is 1. The summed E-state index contributed by atoms with van der Waals surface area (Å²) >= 11 is 0. The van der Waals surface area contributed by atoms with Crippen LogP contribution >= 0.6 is 0 Å². The summed E-state index contributed by atoms with van der Waals surface area (Å²) in [5, 5.41) is 7.00. The number of nitrogens with one attached hydrogen (secondary N) is 2. The van der Waals surface area contributed by atoms with E-state index in [4.69, 9.17) is 20.9 Å². The van der Waals surface area contributed by atoms with Crippen molar-refractivity contribution in [2.75, 3.05) is 18.5 Å². The van der Waals surface area contributed by atoms with Crippen LogP contribution in [0.1, 0.15) is 31.9 Å². The number of hydrogen-bond acceptors (Lipinski definition) is 5. The molecule has 32 heavy (non-hydrogen) atoms. The molecule has 1 fully saturated rings. The molecule has 0 radical (unpaired) electrons. The molecule has 3 aromatic rings. The number of ether oxygens (including phenoxy) is 2. The lowest BCUT2D eigenvalue weighted by Gasteiger charge is -2.13. The van der Waals surface area contributed by atoms with E-state index in [-0.39, 0.29) is 18.6 Å². The second kappa shape index (κ2) is 10.2. The average molecular weight is 430 g/mol. The molecule has 1 aliphatic rings. The summed E-state index contributed by atoms with van der Waals surface area (Å²) in [6, 6.07) is 14.9. The Bertz CT molecular complexity index is 1130. The fourth-order valence-corrected chi connectivity index (χ4v) is 3.79. The highest BCUT2D eigenvalue weighted by molar-refractivity contribution is 5.95. The van der Waals surface area contributed by atoms with Gasteiger partial charge in [0.1, 0.15) is 23.9 Å². The standard InChI is InChI=1S/C26H27N3O3/c1-3-6-19-16-25(31-15-4-2)22-17-21(12-13-23(22)28-19)32-20-10-8-18(9-11-20)29-26(30)24-7-5-14-27-24/h2,8-13,16-17,24,27H,3,5-7,14-15H2,1H3,(H,29,30)/t24-/m0/s1. The SMILES string of the molecule is C#CCOc1cc(CCC)nc2ccc(Oc3ccc(NC(=O)[C@@H]4CCCN4)cc3)cc12. The number of fused-ring (bicyclic) bond motifs is 1. The van der Waals surface area contributed by atoms with Crippen molar-refractivity contribution in [3.8, 4) is 29.6 Å². The van der Waals surface area contributed by atoms with Crippen LogP contribution in [0.3, 0.4) is 0 Å². The van der Waals surface area contributed by atoms with Gasteiger partial charge in [-0.2, -0.15) is 0 Å². The molecule has 2 N–H and O–H groups in total. The molecule has 1 amide bonds. The number of nitrogens with zero attached hydrogens (tertiary/aromatic N) is 1. The van der Waals surface area contributed by atoms with Crippen LogP contribution in [0.5, 0.6) is 17.2 Å². The maximum absolute atomic E-state index is 12.3. The van der Waals surface area contributed by atoms with Crippen molar-refractivity contribution in [3.63, 3.8) is 0 Å². The third-order valence-electron chi connectivity index (χ3n) is 5.35. The van der Waals surface area contributed by atoms with Gasteiger partial charge in [0.05, 0.1) is 11.6 Å². The smallest absolute Gasteiger partial charge is 0.241 e. The Kier molecular flexibility index (Phi) is 6.88. The molecule has 6 heteroatoms. The Balaban J connectivity index is 1.50. The fraction of sp³-hybridized carbons (Fsp3) is 0.308. The molecule has 2 aromatic carbocycles. The Morgan fingerprint density at radius 3 is 2.75 bits per heavy atom. The van der Waals surface area contributed by atoms with Gasteiger partial charge in [-0.15, -0.1) is 6.42 Å². The van der Waals surface area contributed by atoms with Gasteiger partial charge in [0.15, 0.2) is 0 Å². The number of pyridine rings is 1. The normalized spacial score (nSPS) is 15.3. The molecule has 1 atom stereocenters. The van der Waals surface area contributed by atoms with Crippen LogP contribution in [0.25, 0.3) is 10.9 Å². The molecule has 0 aliphatic carbocycles. The van der Waals surface area contributed by atoms with E-state index in [0.29, 0.717) is 17.2 Å². The highest BCUT2D eigenvalue weighted by Gasteiger charge is 2.21. The summed E-state index contributed by atoms with van der Waals surface area (Å²) in [6.07, 6.45) is 9.16. The van der Waals surface area contributed by atoms with Crippen molar-refractivity contribution in [3.05, 3.63) is 54.2 Å². The summed E-state index contributed by atoms with van der Waals surface area (Å²) in [7, 11) is 0. The average Bonchev–Trinajstić information content (AvgIpc) is 3.34. The summed E-state index contributed by atoms with van der Waals surface area (Å²) in [5.41, 5.74) is 2.56. The zero-order valence-electron chi connectivity index (χ0n) is 18.2. The Hall–Kier alpha value is -3.56. The molecule has 0 spiro atoms. The number of hydrogen-bond donors (Lipinski definition) is 2. The van der Waals surface area contributed by atoms with Gasteiger partial charge in [-0.05, 0) is 68.3 Å². The molecule has 0 unspecified atom stereocenters. The van der Waals surface area contributed by atoms with E-state index in [9.17, 15) is 4.79 Å². The first-order valence-corrected chi connectivity index (χ1v) is 11.0. The fourth-order valence-electron chi connectivity index (χ4n) is 3.79. The maximum Gasteiger partial charge on any atom is 0.241 e. The lowest BCUT2D eigenvalue weighted by Crippen LogP contribution is -2.35. The van der Waals surface area contributed by atoms with Gasteiger partial charge in [-0.25, -0.2) is 0 Å². The highest BCUT2D eigenvalue weighted by atomic mass is 16.5. The first-order valence-electron chi connectivity index (χ1n) is 11.0. The van der Waals surface area contributed by atoms with Crippen LogP contribution < -0.4 is 20.1 Å². The van der Waals surface area contributed by atoms with Crippen LogP contribution in [0.2, 0.25) is 0 Å². The largest absolute Gasteiger partial charge is 0.480 e. The van der Waals surface area contributed by atoms with Crippen molar-refractivity contribution in [1.29, 1.82) is 0 Å². The minimum atomic E-state index is -0.110. The minimum Gasteiger partial charge on any atom is -0.480 e. The van der Waals surface area contributed by atoms with Gasteiger partial charge in [0.25, 0.3) is 0 Å². The second-order valence-corrected chi connectivity index (χ2v) is 7.80. The molecule has 1 aromatic heterocycles. The highest BCUT2D eigenvalue weighted by Crippen LogP contribution is 2.32. The van der Waals surface area contributed by atoms with Crippen LogP contribution in [0.15, 0.2) is 48.5 Å². The van der Waals surface area contributed by atoms with Crippen LogP contribution in [-0.4, -0.2) is 30.1 Å². The van der Waals surface area contributed by atoms with E-state index in [1.54, 1.807) is 0 Å². The maximum atomic E-state index is 12.3. The third kappa shape index (κ3) is 5.19. The lowest BCUT2D eigenvalue weighted by atomic mass is 10.1. The number of benzene rings is 2. The minimum absolute atomic E-state index is 0.000128. The van der Waals surface area contributed by atoms with Crippen LogP contribution in [0, 0.1) is 12.3 Å². The molecular weight excluding hydrogens is 402 g/mol. The van der Waals surface area contributed by atoms with Gasteiger partial charge in [-0.3, -0.25) is 9.78 Å². The Morgan fingerprint density at radius 1 is 1.22 bits per heavy atom. The summed E-state index contributed by atoms with van der Waals surface area (Å²) < 4.78 is 11.8. The zero-order chi connectivity index (χ0) is 22.3. The molecule has 1 aliphatic heterocycles. The number of carbonyl (C=O) groups is 1. The molecule has 1 saturated heterocycles. The number of aryl methyl sites for hydroxylation is 1. The summed E-state index contributed by atoms with van der Waals surface area (Å²) in [5.74, 6) is 4.56. The quantitative estimate of drug-likeness (QED) is 0.509. The first kappa shape index (κ1) is 21.7. The predicted octanol–water partition coefficient (Wildman–Crippen LogP) is 4.68. The van der Waals surface area contributed by atoms with Gasteiger partial charge in [0.2, 0.25) is 5.91 Å². The number of aromatic nitrogens is 1. The van der Waals surface area contributed by atoms with Crippen LogP contribution in [-0.2, 0) is 11.2 Å². The Morgan fingerprint density at radius 2 is 2.03 bits per heavy atom. The number of rotatable bonds is 8. The predicted molar refractivity (Wildman–Crippen MR) is 126 cm³/mol. The molecule has 6 nitrogen and oxygen atoms in total. The van der Waals surface area contributed by atoms with E-state index < -0.39 is 0 Å². The van der Waals surface area contributed by atoms with E-state index in [1.165, 1.54) is 0 Å². The topological polar surface area (TPSA) is 72.5 Å². The van der Waals surface area contributed by atoms with Gasteiger partial charge in [-0.1, -0.05) is 19.3 Å². The van der Waals surface area contributed by atoms with Crippen molar-refractivity contribution < 1.29 is 14.3 Å². The third-order valence-corrected chi connectivity index (χ3v) is 5.35. The first-order chi connectivity index (χ1) is 15.7. The summed E-state index contributed by atoms with van der Waals surface area (Å²) in [4.78, 5) is 17.0. The number of amides is 1. The van der Waals surface area contributed by atoms with Crippen molar-refractivity contribution in [2.24, 2.45) is 0 Å². The molecule has 4 rings (SSSR count). The van der Waals surface area contributed by atoms with Gasteiger partial charge >= 0.3 is 0 Å².